The number of thioether (sulfide) groups is 1. The molecule has 0 aliphatic carbocycles. The molecule has 3 aromatic rings. The molecule has 2 amide bonds. The third kappa shape index (κ3) is 4.60. The van der Waals surface area contributed by atoms with Crippen molar-refractivity contribution in [2.24, 2.45) is 0 Å². The summed E-state index contributed by atoms with van der Waals surface area (Å²) in [4.78, 5) is 33.7. The van der Waals surface area contributed by atoms with Gasteiger partial charge in [-0.1, -0.05) is 0 Å². The molecular weight excluding hydrogens is 492 g/mol. The molecule has 37 heavy (non-hydrogen) atoms. The number of cyclic esters (lactones) is 1. The van der Waals surface area contributed by atoms with Crippen molar-refractivity contribution in [3.63, 3.8) is 0 Å². The van der Waals surface area contributed by atoms with Crippen LogP contribution in [0.4, 0.5) is 16.2 Å². The van der Waals surface area contributed by atoms with Crippen molar-refractivity contribution < 1.29 is 24.2 Å². The number of fused-ring (bicyclic) bond motifs is 2. The quantitative estimate of drug-likeness (QED) is 0.526. The molecule has 0 radical (unpaired) electrons. The summed E-state index contributed by atoms with van der Waals surface area (Å²) in [6, 6.07) is 13.3. The van der Waals surface area contributed by atoms with Crippen molar-refractivity contribution in [2.45, 2.75) is 29.4 Å². The molecule has 1 aromatic heterocycles. The molecule has 2 aromatic carbocycles. The molecule has 2 N–H and O–H groups in total. The maximum absolute atomic E-state index is 12.7. The molecule has 192 valence electrons. The number of piperidine rings is 1. The monoisotopic (exact) mass is 520 g/mol. The van der Waals surface area contributed by atoms with Crippen LogP contribution in [-0.2, 0) is 15.1 Å². The minimum atomic E-state index is -0.964. The van der Waals surface area contributed by atoms with E-state index in [0.717, 1.165) is 32.8 Å². The lowest BCUT2D eigenvalue weighted by molar-refractivity contribution is -0.113. The smallest absolute Gasteiger partial charge is 0.414 e. The number of aliphatic hydroxyl groups is 1. The van der Waals surface area contributed by atoms with Gasteiger partial charge in [-0.25, -0.2) is 4.79 Å². The predicted octanol–water partition coefficient (Wildman–Crippen LogP) is 3.60. The molecule has 6 rings (SSSR count). The number of pyridine rings is 1. The molecule has 1 atom stereocenters. The Labute approximate surface area is 218 Å². The highest BCUT2D eigenvalue weighted by atomic mass is 32.2. The zero-order valence-electron chi connectivity index (χ0n) is 20.5. The number of carbonyl (C=O) groups is 2. The Morgan fingerprint density at radius 2 is 2.03 bits per heavy atom. The fourth-order valence-electron chi connectivity index (χ4n) is 5.39. The number of anilines is 2. The Bertz CT molecular complexity index is 1370. The summed E-state index contributed by atoms with van der Waals surface area (Å²) in [6.07, 6.45) is 2.22. The van der Waals surface area contributed by atoms with E-state index in [1.165, 1.54) is 11.8 Å². The first-order valence-corrected chi connectivity index (χ1v) is 13.3. The van der Waals surface area contributed by atoms with Gasteiger partial charge < -0.3 is 19.9 Å². The van der Waals surface area contributed by atoms with Gasteiger partial charge in [0.2, 0.25) is 5.91 Å². The van der Waals surface area contributed by atoms with Gasteiger partial charge in [0.1, 0.15) is 11.9 Å². The van der Waals surface area contributed by atoms with Crippen LogP contribution >= 0.6 is 11.8 Å². The van der Waals surface area contributed by atoms with Gasteiger partial charge >= 0.3 is 6.09 Å². The van der Waals surface area contributed by atoms with Crippen molar-refractivity contribution in [1.29, 1.82) is 0 Å². The molecule has 2 saturated heterocycles. The van der Waals surface area contributed by atoms with Gasteiger partial charge in [0.05, 0.1) is 36.2 Å². The molecule has 3 aliphatic heterocycles. The maximum atomic E-state index is 12.7. The largest absolute Gasteiger partial charge is 0.497 e. The van der Waals surface area contributed by atoms with Crippen molar-refractivity contribution in [2.75, 3.05) is 49.3 Å². The first-order chi connectivity index (χ1) is 17.9. The van der Waals surface area contributed by atoms with E-state index in [4.69, 9.17) is 9.47 Å². The SMILES string of the molecule is COc1ccc2nccc(C3(O)CCN(C[C@@H]4CN(c5ccc6c(c5)NC(=O)CS6)C(=O)O4)CC3)c2c1. The molecule has 2 fully saturated rings. The number of hydrogen-bond acceptors (Lipinski definition) is 8. The van der Waals surface area contributed by atoms with Crippen LogP contribution in [0.1, 0.15) is 18.4 Å². The number of amides is 2. The third-order valence-electron chi connectivity index (χ3n) is 7.38. The van der Waals surface area contributed by atoms with Crippen molar-refractivity contribution >= 4 is 46.0 Å². The van der Waals surface area contributed by atoms with Crippen LogP contribution in [-0.4, -0.2) is 72.1 Å². The molecule has 4 heterocycles. The first-order valence-electron chi connectivity index (χ1n) is 12.3. The van der Waals surface area contributed by atoms with Crippen LogP contribution in [0, 0.1) is 0 Å². The number of ether oxygens (including phenoxy) is 2. The molecule has 0 bridgehead atoms. The topological polar surface area (TPSA) is 104 Å². The Kier molecular flexibility index (Phi) is 6.18. The average molecular weight is 521 g/mol. The second-order valence-electron chi connectivity index (χ2n) is 9.71. The number of nitrogens with one attached hydrogen (secondary N) is 1. The van der Waals surface area contributed by atoms with E-state index < -0.39 is 5.60 Å². The van der Waals surface area contributed by atoms with Crippen LogP contribution < -0.4 is 15.0 Å². The molecular formula is C27H28N4O5S. The maximum Gasteiger partial charge on any atom is 0.414 e. The van der Waals surface area contributed by atoms with Crippen LogP contribution in [0.2, 0.25) is 0 Å². The number of rotatable bonds is 5. The summed E-state index contributed by atoms with van der Waals surface area (Å²) >= 11 is 1.49. The second-order valence-corrected chi connectivity index (χ2v) is 10.7. The van der Waals surface area contributed by atoms with Crippen LogP contribution in [0.15, 0.2) is 53.6 Å². The average Bonchev–Trinajstić information content (AvgIpc) is 3.28. The van der Waals surface area contributed by atoms with Crippen LogP contribution in [0.5, 0.6) is 5.75 Å². The minimum absolute atomic E-state index is 0.0412. The number of carbonyl (C=O) groups excluding carboxylic acids is 2. The molecule has 0 unspecified atom stereocenters. The summed E-state index contributed by atoms with van der Waals surface area (Å²) in [5.74, 6) is 1.09. The van der Waals surface area contributed by atoms with Crippen molar-refractivity contribution in [1.82, 2.24) is 9.88 Å². The lowest BCUT2D eigenvalue weighted by Gasteiger charge is -2.39. The molecule has 0 spiro atoms. The number of hydrogen-bond donors (Lipinski definition) is 2. The Morgan fingerprint density at radius 1 is 1.19 bits per heavy atom. The van der Waals surface area contributed by atoms with E-state index in [9.17, 15) is 14.7 Å². The highest BCUT2D eigenvalue weighted by Gasteiger charge is 2.39. The fourth-order valence-corrected chi connectivity index (χ4v) is 6.18. The summed E-state index contributed by atoms with van der Waals surface area (Å²) in [7, 11) is 1.63. The number of aromatic nitrogens is 1. The zero-order valence-corrected chi connectivity index (χ0v) is 21.3. The highest BCUT2D eigenvalue weighted by molar-refractivity contribution is 8.00. The van der Waals surface area contributed by atoms with Crippen molar-refractivity contribution in [3.8, 4) is 5.75 Å². The second kappa shape index (κ2) is 9.51. The molecule has 9 nitrogen and oxygen atoms in total. The van der Waals surface area contributed by atoms with Gasteiger partial charge in [-0.3, -0.25) is 19.6 Å². The number of benzene rings is 2. The molecule has 3 aliphatic rings. The van der Waals surface area contributed by atoms with E-state index in [-0.39, 0.29) is 18.1 Å². The van der Waals surface area contributed by atoms with E-state index in [1.807, 2.05) is 42.5 Å². The minimum Gasteiger partial charge on any atom is -0.497 e. The zero-order chi connectivity index (χ0) is 25.6. The van der Waals surface area contributed by atoms with E-state index >= 15 is 0 Å². The number of likely N-dealkylation sites (tertiary alicyclic amines) is 1. The summed E-state index contributed by atoms with van der Waals surface area (Å²) in [5, 5.41) is 15.4. The summed E-state index contributed by atoms with van der Waals surface area (Å²) in [6.45, 7) is 2.40. The number of methoxy groups -OCH3 is 1. The molecule has 0 saturated carbocycles. The van der Waals surface area contributed by atoms with Gasteiger partial charge in [0.25, 0.3) is 0 Å². The predicted molar refractivity (Wildman–Crippen MR) is 141 cm³/mol. The third-order valence-corrected chi connectivity index (χ3v) is 8.45. The Balaban J connectivity index is 1.11. The molecule has 10 heteroatoms. The van der Waals surface area contributed by atoms with E-state index in [1.54, 1.807) is 18.2 Å². The fraction of sp³-hybridized carbons (Fsp3) is 0.370. The van der Waals surface area contributed by atoms with E-state index in [0.29, 0.717) is 50.5 Å². The van der Waals surface area contributed by atoms with E-state index in [2.05, 4.69) is 15.2 Å². The van der Waals surface area contributed by atoms with Gasteiger partial charge in [0.15, 0.2) is 0 Å². The van der Waals surface area contributed by atoms with Gasteiger partial charge in [-0.2, -0.15) is 0 Å². The number of nitrogens with zero attached hydrogens (tertiary/aromatic N) is 3. The lowest BCUT2D eigenvalue weighted by Crippen LogP contribution is -2.45. The van der Waals surface area contributed by atoms with Crippen molar-refractivity contribution in [3.05, 3.63) is 54.2 Å². The normalized spacial score (nSPS) is 21.5. The van der Waals surface area contributed by atoms with Crippen LogP contribution in [0.3, 0.4) is 0 Å². The van der Waals surface area contributed by atoms with Gasteiger partial charge in [-0.15, -0.1) is 11.8 Å². The van der Waals surface area contributed by atoms with Gasteiger partial charge in [-0.05, 0) is 60.9 Å². The lowest BCUT2D eigenvalue weighted by atomic mass is 9.82. The van der Waals surface area contributed by atoms with Crippen LogP contribution in [0.25, 0.3) is 10.9 Å². The first kappa shape index (κ1) is 24.0. The Hall–Kier alpha value is -3.34. The highest BCUT2D eigenvalue weighted by Crippen LogP contribution is 2.38. The Morgan fingerprint density at radius 3 is 2.84 bits per heavy atom. The summed E-state index contributed by atoms with van der Waals surface area (Å²) in [5.41, 5.74) is 2.17. The standard InChI is InChI=1S/C27H28N4O5S/c1-35-18-3-4-22-20(13-18)21(6-9-28-22)27(34)7-10-30(11-8-27)14-19-15-31(26(33)36-19)17-2-5-24-23(12-17)29-25(32)16-37-24/h2-6,9,12-13,19,34H,7-8,10-11,14-16H2,1H3,(H,29,32)/t19-/m1/s1. The van der Waals surface area contributed by atoms with Gasteiger partial charge in [0, 0.05) is 41.8 Å². The summed E-state index contributed by atoms with van der Waals surface area (Å²) < 4.78 is 11.1.